The van der Waals surface area contributed by atoms with Crippen LogP contribution in [0.5, 0.6) is 0 Å². The summed E-state index contributed by atoms with van der Waals surface area (Å²) < 4.78 is 12.9. The zero-order valence-corrected chi connectivity index (χ0v) is 15.7. The molecule has 27 heavy (non-hydrogen) atoms. The van der Waals surface area contributed by atoms with Crippen LogP contribution in [0.4, 0.5) is 10.1 Å². The van der Waals surface area contributed by atoms with Gasteiger partial charge in [0.25, 0.3) is 5.91 Å². The van der Waals surface area contributed by atoms with Crippen LogP contribution in [0.1, 0.15) is 28.8 Å². The minimum atomic E-state index is -0.339. The average molecular weight is 392 g/mol. The van der Waals surface area contributed by atoms with E-state index in [0.29, 0.717) is 43.7 Å². The van der Waals surface area contributed by atoms with Gasteiger partial charge in [0.1, 0.15) is 5.82 Å². The first-order valence-corrected chi connectivity index (χ1v) is 8.71. The molecule has 1 fully saturated rings. The van der Waals surface area contributed by atoms with Gasteiger partial charge in [-0.3, -0.25) is 9.59 Å². The maximum atomic E-state index is 12.9. The second-order valence-corrected chi connectivity index (χ2v) is 6.46. The summed E-state index contributed by atoms with van der Waals surface area (Å²) in [6.45, 7) is 1.53. The maximum Gasteiger partial charge on any atom is 0.253 e. The van der Waals surface area contributed by atoms with Gasteiger partial charge in [0, 0.05) is 36.8 Å². The molecule has 0 bridgehead atoms. The summed E-state index contributed by atoms with van der Waals surface area (Å²) in [5.41, 5.74) is 7.77. The summed E-state index contributed by atoms with van der Waals surface area (Å²) in [6, 6.07) is 13.0. The number of carbonyl (C=O) groups excluding carboxylic acids is 2. The standard InChI is InChI=1S/C20H22FN3O2.ClH/c21-17-5-7-18(8-6-17)23-19(25)15-9-11-24(12-10-15)20(26)16-3-1-14(13-22)2-4-16;/h1-8,15H,9-13,22H2,(H,23,25);1H. The quantitative estimate of drug-likeness (QED) is 0.840. The first kappa shape index (κ1) is 20.9. The van der Waals surface area contributed by atoms with Crippen molar-refractivity contribution in [1.82, 2.24) is 4.90 Å². The van der Waals surface area contributed by atoms with Gasteiger partial charge in [0.2, 0.25) is 5.91 Å². The van der Waals surface area contributed by atoms with Crippen LogP contribution in [0.3, 0.4) is 0 Å². The molecular formula is C20H23ClFN3O2. The Morgan fingerprint density at radius 1 is 1.04 bits per heavy atom. The fraction of sp³-hybridized carbons (Fsp3) is 0.300. The molecule has 1 aliphatic heterocycles. The highest BCUT2D eigenvalue weighted by atomic mass is 35.5. The molecular weight excluding hydrogens is 369 g/mol. The average Bonchev–Trinajstić information content (AvgIpc) is 2.69. The van der Waals surface area contributed by atoms with E-state index < -0.39 is 0 Å². The van der Waals surface area contributed by atoms with Crippen molar-refractivity contribution >= 4 is 29.9 Å². The van der Waals surface area contributed by atoms with Crippen molar-refractivity contribution in [3.8, 4) is 0 Å². The molecule has 2 aromatic rings. The monoisotopic (exact) mass is 391 g/mol. The number of nitrogens with zero attached hydrogens (tertiary/aromatic N) is 1. The third-order valence-corrected chi connectivity index (χ3v) is 4.70. The van der Waals surface area contributed by atoms with Crippen molar-refractivity contribution in [3.63, 3.8) is 0 Å². The van der Waals surface area contributed by atoms with Crippen molar-refractivity contribution in [2.24, 2.45) is 11.7 Å². The SMILES string of the molecule is Cl.NCc1ccc(C(=O)N2CCC(C(=O)Nc3ccc(F)cc3)CC2)cc1. The van der Waals surface area contributed by atoms with Crippen LogP contribution in [-0.2, 0) is 11.3 Å². The van der Waals surface area contributed by atoms with Crippen LogP contribution in [-0.4, -0.2) is 29.8 Å². The number of rotatable bonds is 4. The van der Waals surface area contributed by atoms with E-state index in [1.54, 1.807) is 17.0 Å². The molecule has 5 nitrogen and oxygen atoms in total. The van der Waals surface area contributed by atoms with Gasteiger partial charge in [-0.05, 0) is 54.8 Å². The Morgan fingerprint density at radius 3 is 2.19 bits per heavy atom. The summed E-state index contributed by atoms with van der Waals surface area (Å²) in [6.07, 6.45) is 1.22. The summed E-state index contributed by atoms with van der Waals surface area (Å²) in [5, 5.41) is 2.81. The van der Waals surface area contributed by atoms with E-state index in [-0.39, 0.29) is 36.0 Å². The number of carbonyl (C=O) groups is 2. The smallest absolute Gasteiger partial charge is 0.253 e. The number of anilines is 1. The third kappa shape index (κ3) is 5.28. The lowest BCUT2D eigenvalue weighted by atomic mass is 9.95. The van der Waals surface area contributed by atoms with Gasteiger partial charge in [-0.2, -0.15) is 0 Å². The van der Waals surface area contributed by atoms with Gasteiger partial charge in [-0.15, -0.1) is 12.4 Å². The summed E-state index contributed by atoms with van der Waals surface area (Å²) in [4.78, 5) is 26.7. The predicted octanol–water partition coefficient (Wildman–Crippen LogP) is 3.20. The molecule has 0 atom stereocenters. The number of benzene rings is 2. The van der Waals surface area contributed by atoms with Crippen LogP contribution < -0.4 is 11.1 Å². The molecule has 3 rings (SSSR count). The Balaban J connectivity index is 0.00000261. The number of halogens is 2. The van der Waals surface area contributed by atoms with Crippen molar-refractivity contribution < 1.29 is 14.0 Å². The predicted molar refractivity (Wildman–Crippen MR) is 105 cm³/mol. The molecule has 1 heterocycles. The van der Waals surface area contributed by atoms with E-state index in [0.717, 1.165) is 5.56 Å². The molecule has 0 unspecified atom stereocenters. The van der Waals surface area contributed by atoms with Crippen LogP contribution in [0, 0.1) is 11.7 Å². The van der Waals surface area contributed by atoms with Crippen molar-refractivity contribution in [2.45, 2.75) is 19.4 Å². The molecule has 144 valence electrons. The van der Waals surface area contributed by atoms with Gasteiger partial charge in [-0.25, -0.2) is 4.39 Å². The molecule has 0 aromatic heterocycles. The minimum Gasteiger partial charge on any atom is -0.339 e. The third-order valence-electron chi connectivity index (χ3n) is 4.70. The van der Waals surface area contributed by atoms with Crippen LogP contribution in [0.2, 0.25) is 0 Å². The number of hydrogen-bond acceptors (Lipinski definition) is 3. The number of nitrogens with one attached hydrogen (secondary N) is 1. The second kappa shape index (κ2) is 9.48. The van der Waals surface area contributed by atoms with Crippen LogP contribution in [0.25, 0.3) is 0 Å². The van der Waals surface area contributed by atoms with Gasteiger partial charge in [0.05, 0.1) is 0 Å². The van der Waals surface area contributed by atoms with E-state index in [4.69, 9.17) is 5.73 Å². The van der Waals surface area contributed by atoms with E-state index >= 15 is 0 Å². The number of piperidine rings is 1. The van der Waals surface area contributed by atoms with Gasteiger partial charge in [-0.1, -0.05) is 12.1 Å². The Labute approximate surface area is 164 Å². The fourth-order valence-corrected chi connectivity index (χ4v) is 3.09. The Morgan fingerprint density at radius 2 is 1.63 bits per heavy atom. The summed E-state index contributed by atoms with van der Waals surface area (Å²) >= 11 is 0. The molecule has 0 aliphatic carbocycles. The first-order chi connectivity index (χ1) is 12.6. The normalized spacial score (nSPS) is 14.4. The lowest BCUT2D eigenvalue weighted by molar-refractivity contribution is -0.121. The highest BCUT2D eigenvalue weighted by Crippen LogP contribution is 2.21. The molecule has 7 heteroatoms. The Bertz CT molecular complexity index is 773. The number of nitrogens with two attached hydrogens (primary N) is 1. The largest absolute Gasteiger partial charge is 0.339 e. The molecule has 0 saturated carbocycles. The second-order valence-electron chi connectivity index (χ2n) is 6.46. The number of hydrogen-bond donors (Lipinski definition) is 2. The van der Waals surface area contributed by atoms with E-state index in [2.05, 4.69) is 5.32 Å². The summed E-state index contributed by atoms with van der Waals surface area (Å²) in [7, 11) is 0. The number of amides is 2. The van der Waals surface area contributed by atoms with Gasteiger partial charge in [0.15, 0.2) is 0 Å². The van der Waals surface area contributed by atoms with Crippen LogP contribution in [0.15, 0.2) is 48.5 Å². The zero-order valence-electron chi connectivity index (χ0n) is 14.9. The topological polar surface area (TPSA) is 75.4 Å². The zero-order chi connectivity index (χ0) is 18.5. The Hall–Kier alpha value is -2.44. The van der Waals surface area contributed by atoms with Crippen LogP contribution >= 0.6 is 12.4 Å². The molecule has 1 aliphatic rings. The maximum absolute atomic E-state index is 12.9. The highest BCUT2D eigenvalue weighted by molar-refractivity contribution is 5.95. The van der Waals surface area contributed by atoms with Gasteiger partial charge >= 0.3 is 0 Å². The molecule has 2 amide bonds. The number of likely N-dealkylation sites (tertiary alicyclic amines) is 1. The lowest BCUT2D eigenvalue weighted by Gasteiger charge is -2.31. The molecule has 0 spiro atoms. The van der Waals surface area contributed by atoms with E-state index in [1.807, 2.05) is 12.1 Å². The lowest BCUT2D eigenvalue weighted by Crippen LogP contribution is -2.41. The first-order valence-electron chi connectivity index (χ1n) is 8.71. The molecule has 3 N–H and O–H groups in total. The Kier molecular flexibility index (Phi) is 7.33. The van der Waals surface area contributed by atoms with Crippen molar-refractivity contribution in [3.05, 3.63) is 65.5 Å². The fourth-order valence-electron chi connectivity index (χ4n) is 3.09. The van der Waals surface area contributed by atoms with Crippen molar-refractivity contribution in [2.75, 3.05) is 18.4 Å². The molecule has 2 aromatic carbocycles. The molecule has 1 saturated heterocycles. The van der Waals surface area contributed by atoms with E-state index in [1.165, 1.54) is 24.3 Å². The van der Waals surface area contributed by atoms with Crippen molar-refractivity contribution in [1.29, 1.82) is 0 Å². The highest BCUT2D eigenvalue weighted by Gasteiger charge is 2.27. The summed E-state index contributed by atoms with van der Waals surface area (Å²) in [5.74, 6) is -0.597. The van der Waals surface area contributed by atoms with E-state index in [9.17, 15) is 14.0 Å². The molecule has 0 radical (unpaired) electrons. The minimum absolute atomic E-state index is 0. The van der Waals surface area contributed by atoms with Gasteiger partial charge < -0.3 is 16.0 Å².